The summed E-state index contributed by atoms with van der Waals surface area (Å²) in [6.07, 6.45) is -12.1. The first-order valence-corrected chi connectivity index (χ1v) is 23.5. The van der Waals surface area contributed by atoms with Crippen LogP contribution in [0.3, 0.4) is 0 Å². The lowest BCUT2D eigenvalue weighted by molar-refractivity contribution is -0.373. The molecule has 0 bridgehead atoms. The first kappa shape index (κ1) is 48.3. The van der Waals surface area contributed by atoms with Gasteiger partial charge in [0.25, 0.3) is 0 Å². The summed E-state index contributed by atoms with van der Waals surface area (Å²) in [6, 6.07) is 0. The smallest absolute Gasteiger partial charge is 0.187 e. The van der Waals surface area contributed by atoms with E-state index >= 15 is 0 Å². The van der Waals surface area contributed by atoms with Crippen molar-refractivity contribution in [3.05, 3.63) is 11.3 Å². The van der Waals surface area contributed by atoms with Gasteiger partial charge in [0.2, 0.25) is 0 Å². The Bertz CT molecular complexity index is 1580. The highest BCUT2D eigenvalue weighted by molar-refractivity contribution is 5.26. The monoisotopic (exact) mass is 902 g/mol. The summed E-state index contributed by atoms with van der Waals surface area (Å²) in [4.78, 5) is 0. The number of fused-ring (bicyclic) bond motifs is 7. The van der Waals surface area contributed by atoms with Crippen LogP contribution in [0.15, 0.2) is 11.3 Å². The summed E-state index contributed by atoms with van der Waals surface area (Å²) in [5.74, 6) is 3.56. The second kappa shape index (κ2) is 19.1. The van der Waals surface area contributed by atoms with Crippen LogP contribution in [-0.4, -0.2) is 187 Å². The quantitative estimate of drug-likeness (QED) is 0.101. The van der Waals surface area contributed by atoms with Crippen molar-refractivity contribution in [1.29, 1.82) is 0 Å². The van der Waals surface area contributed by atoms with Gasteiger partial charge in [-0.15, -0.1) is 0 Å². The third kappa shape index (κ3) is 8.68. The third-order valence-corrected chi connectivity index (χ3v) is 17.4. The van der Waals surface area contributed by atoms with Crippen LogP contribution in [0.1, 0.15) is 91.9 Å². The highest BCUT2D eigenvalue weighted by atomic mass is 16.8. The van der Waals surface area contributed by atoms with Crippen LogP contribution in [0, 0.1) is 46.3 Å². The first-order valence-electron chi connectivity index (χ1n) is 23.5. The highest BCUT2D eigenvalue weighted by Gasteiger charge is 2.65. The summed E-state index contributed by atoms with van der Waals surface area (Å²) in [5, 5.41) is 113. The molecule has 0 aromatic rings. The molecule has 11 N–H and O–H groups in total. The lowest BCUT2D eigenvalue weighted by atomic mass is 9.44. The molecule has 0 unspecified atom stereocenters. The Balaban J connectivity index is 0.872. The molecule has 7 fully saturated rings. The molecule has 3 saturated heterocycles. The van der Waals surface area contributed by atoms with Crippen molar-refractivity contribution >= 4 is 0 Å². The fourth-order valence-corrected chi connectivity index (χ4v) is 13.7. The van der Waals surface area contributed by atoms with Gasteiger partial charge >= 0.3 is 0 Å². The van der Waals surface area contributed by atoms with E-state index in [4.69, 9.17) is 33.2 Å². The van der Waals surface area contributed by atoms with Gasteiger partial charge in [0.15, 0.2) is 18.9 Å². The second-order valence-corrected chi connectivity index (χ2v) is 20.9. The van der Waals surface area contributed by atoms with Crippen molar-refractivity contribution in [2.45, 2.75) is 196 Å². The zero-order chi connectivity index (χ0) is 45.3. The Morgan fingerprint density at radius 3 is 1.87 bits per heavy atom. The molecule has 18 nitrogen and oxygen atoms in total. The van der Waals surface area contributed by atoms with E-state index in [9.17, 15) is 56.2 Å². The molecule has 0 amide bonds. The van der Waals surface area contributed by atoms with Crippen LogP contribution >= 0.6 is 0 Å². The van der Waals surface area contributed by atoms with E-state index in [2.05, 4.69) is 27.7 Å². The number of aliphatic hydroxyl groups excluding tert-OH is 11. The number of allylic oxidation sites excluding steroid dienone is 1. The Morgan fingerprint density at radius 1 is 0.635 bits per heavy atom. The van der Waals surface area contributed by atoms with E-state index in [0.717, 1.165) is 70.0 Å². The van der Waals surface area contributed by atoms with Crippen molar-refractivity contribution in [1.82, 2.24) is 0 Å². The lowest BCUT2D eigenvalue weighted by Crippen LogP contribution is -2.65. The molecule has 4 aliphatic carbocycles. The summed E-state index contributed by atoms with van der Waals surface area (Å²) < 4.78 is 42.2. The molecule has 0 radical (unpaired) electrons. The van der Waals surface area contributed by atoms with Crippen LogP contribution < -0.4 is 0 Å². The van der Waals surface area contributed by atoms with Gasteiger partial charge in [0.05, 0.1) is 38.3 Å². The van der Waals surface area contributed by atoms with Crippen LogP contribution in [0.25, 0.3) is 0 Å². The maximum atomic E-state index is 11.2. The Kier molecular flexibility index (Phi) is 14.6. The van der Waals surface area contributed by atoms with Crippen molar-refractivity contribution in [3.8, 4) is 0 Å². The zero-order valence-corrected chi connectivity index (χ0v) is 37.0. The summed E-state index contributed by atoms with van der Waals surface area (Å²) in [7, 11) is 0. The predicted molar refractivity (Wildman–Crippen MR) is 218 cm³/mol. The number of rotatable bonds is 13. The zero-order valence-electron chi connectivity index (χ0n) is 37.0. The Morgan fingerprint density at radius 2 is 1.22 bits per heavy atom. The van der Waals surface area contributed by atoms with Crippen molar-refractivity contribution < 1.29 is 89.3 Å². The normalized spacial score (nSPS) is 52.7. The van der Waals surface area contributed by atoms with Gasteiger partial charge in [-0.1, -0.05) is 20.8 Å². The van der Waals surface area contributed by atoms with Gasteiger partial charge in [-0.2, -0.15) is 0 Å². The van der Waals surface area contributed by atoms with E-state index in [1.54, 1.807) is 0 Å². The van der Waals surface area contributed by atoms with Gasteiger partial charge in [0.1, 0.15) is 79.4 Å². The molecule has 362 valence electrons. The fraction of sp³-hybridized carbons (Fsp3) is 0.956. The Labute approximate surface area is 369 Å². The van der Waals surface area contributed by atoms with Gasteiger partial charge in [0, 0.05) is 12.3 Å². The van der Waals surface area contributed by atoms with E-state index in [0.29, 0.717) is 29.6 Å². The molecule has 4 saturated carbocycles. The standard InChI is InChI=1S/C45H74O18/c1-19(18-57-41-38(55)35(52)32(49)28(15-46)60-41)5-8-26-20(2)31-27(59-26)14-25-23-7-6-21-13-22(9-11-44(21,3)24(23)10-12-45(25,31)4)58-43-40(37(54)34(51)30(17-48)62-43)63-42-39(56)36(53)33(50)29(16-47)61-42/h19,21-25,27-43,46-56H,5-18H2,1-4H3/t19-,21-,22-,23+,24-,25-,27-,28+,29+,30+,31-,32+,33+,34+,35-,36-,37-,38+,39+,40+,41+,42-,43+,44-,45-/m0/s1. The van der Waals surface area contributed by atoms with Crippen LogP contribution in [0.2, 0.25) is 0 Å². The molecule has 8 rings (SSSR count). The largest absolute Gasteiger partial charge is 0.494 e. The number of hydrogen-bond acceptors (Lipinski definition) is 18. The SMILES string of the molecule is CC1=C(CC[C@H](C)CO[C@@H]2O[C@H](CO)[C@@H](O)[C@H](O)[C@H]2O)O[C@H]2C[C@H]3[C@@H]4CC[C@H]5C[C@@H](O[C@@H]6O[C@H](CO)[C@@H](O)[C@H](O)[C@H]6O[C@@H]6O[C@H](CO)[C@@H](O)[C@H](O)[C@H]6O)CC[C@]5(C)[C@H]4CC[C@]3(C)[C@@H]12. The third-order valence-electron chi connectivity index (χ3n) is 17.4. The summed E-state index contributed by atoms with van der Waals surface area (Å²) >= 11 is 0. The minimum Gasteiger partial charge on any atom is -0.494 e. The fourth-order valence-electron chi connectivity index (χ4n) is 13.7. The van der Waals surface area contributed by atoms with Crippen LogP contribution in [0.4, 0.5) is 0 Å². The molecule has 0 aromatic carbocycles. The average molecular weight is 903 g/mol. The minimum absolute atomic E-state index is 0.0928. The van der Waals surface area contributed by atoms with Gasteiger partial charge in [-0.3, -0.25) is 0 Å². The van der Waals surface area contributed by atoms with Crippen molar-refractivity contribution in [3.63, 3.8) is 0 Å². The minimum atomic E-state index is -1.74. The molecule has 4 aliphatic heterocycles. The Hall–Kier alpha value is -1.14. The number of ether oxygens (including phenoxy) is 7. The van der Waals surface area contributed by atoms with Gasteiger partial charge < -0.3 is 89.3 Å². The van der Waals surface area contributed by atoms with E-state index in [1.165, 1.54) is 5.57 Å². The molecular weight excluding hydrogens is 828 g/mol. The second-order valence-electron chi connectivity index (χ2n) is 20.9. The molecule has 8 aliphatic rings. The van der Waals surface area contributed by atoms with Crippen molar-refractivity contribution in [2.24, 2.45) is 46.3 Å². The number of aliphatic hydroxyl groups is 11. The van der Waals surface area contributed by atoms with Crippen LogP contribution in [-0.2, 0) is 33.2 Å². The molecule has 18 heteroatoms. The lowest BCUT2D eigenvalue weighted by Gasteiger charge is -2.61. The maximum Gasteiger partial charge on any atom is 0.187 e. The van der Waals surface area contributed by atoms with Gasteiger partial charge in [-0.05, 0) is 111 Å². The maximum absolute atomic E-state index is 11.2. The molecule has 0 spiro atoms. The van der Waals surface area contributed by atoms with E-state index in [-0.39, 0.29) is 35.6 Å². The van der Waals surface area contributed by atoms with E-state index < -0.39 is 112 Å². The summed E-state index contributed by atoms with van der Waals surface area (Å²) in [5.41, 5.74) is 1.57. The molecule has 4 heterocycles. The average Bonchev–Trinajstić information content (AvgIpc) is 3.76. The van der Waals surface area contributed by atoms with Crippen molar-refractivity contribution in [2.75, 3.05) is 26.4 Å². The highest BCUT2D eigenvalue weighted by Crippen LogP contribution is 2.70. The van der Waals surface area contributed by atoms with Gasteiger partial charge in [-0.25, -0.2) is 0 Å². The predicted octanol–water partition coefficient (Wildman–Crippen LogP) is -0.830. The molecule has 25 atom stereocenters. The summed E-state index contributed by atoms with van der Waals surface area (Å²) in [6.45, 7) is 7.74. The molecule has 0 aromatic heterocycles. The van der Waals surface area contributed by atoms with Crippen LogP contribution in [0.5, 0.6) is 0 Å². The topological polar surface area (TPSA) is 287 Å². The molecule has 63 heavy (non-hydrogen) atoms. The number of hydrogen-bond donors (Lipinski definition) is 11. The first-order chi connectivity index (χ1) is 29.9. The van der Waals surface area contributed by atoms with E-state index in [1.807, 2.05) is 0 Å². The molecular formula is C45H74O18.